The van der Waals surface area contributed by atoms with Crippen molar-refractivity contribution in [3.05, 3.63) is 35.4 Å². The molecule has 1 aromatic carbocycles. The molecule has 0 aliphatic carbocycles. The summed E-state index contributed by atoms with van der Waals surface area (Å²) < 4.78 is 4.78. The van der Waals surface area contributed by atoms with Gasteiger partial charge in [0.2, 0.25) is 0 Å². The van der Waals surface area contributed by atoms with Crippen LogP contribution in [-0.4, -0.2) is 13.1 Å². The SMILES string of the molecule is CCc1ccc([C@@H](N)C(C)(C)C(=O)OC)cc1.Cl. The van der Waals surface area contributed by atoms with Crippen molar-refractivity contribution in [2.24, 2.45) is 11.1 Å². The van der Waals surface area contributed by atoms with Gasteiger partial charge in [-0.25, -0.2) is 0 Å². The van der Waals surface area contributed by atoms with Crippen LogP contribution in [0.25, 0.3) is 0 Å². The molecule has 18 heavy (non-hydrogen) atoms. The number of carbonyl (C=O) groups is 1. The smallest absolute Gasteiger partial charge is 0.313 e. The largest absolute Gasteiger partial charge is 0.469 e. The summed E-state index contributed by atoms with van der Waals surface area (Å²) >= 11 is 0. The minimum Gasteiger partial charge on any atom is -0.469 e. The van der Waals surface area contributed by atoms with Crippen LogP contribution in [0.1, 0.15) is 37.9 Å². The van der Waals surface area contributed by atoms with Crippen LogP contribution < -0.4 is 5.73 Å². The van der Waals surface area contributed by atoms with Crippen molar-refractivity contribution >= 4 is 18.4 Å². The van der Waals surface area contributed by atoms with Crippen LogP contribution in [-0.2, 0) is 16.0 Å². The van der Waals surface area contributed by atoms with Crippen molar-refractivity contribution < 1.29 is 9.53 Å². The number of rotatable bonds is 4. The number of nitrogens with two attached hydrogens (primary N) is 1. The minimum atomic E-state index is -0.720. The standard InChI is InChI=1S/C14H21NO2.ClH/c1-5-10-6-8-11(9-7-10)12(15)14(2,3)13(16)17-4;/h6-9,12H,5,15H2,1-4H3;1H/t12-;/m1./s1. The average Bonchev–Trinajstić information content (AvgIpc) is 2.36. The highest BCUT2D eigenvalue weighted by molar-refractivity contribution is 5.85. The Morgan fingerprint density at radius 1 is 1.33 bits per heavy atom. The first-order valence-corrected chi connectivity index (χ1v) is 5.86. The fourth-order valence-corrected chi connectivity index (χ4v) is 1.77. The van der Waals surface area contributed by atoms with Crippen molar-refractivity contribution in [3.63, 3.8) is 0 Å². The Morgan fingerprint density at radius 2 is 1.83 bits per heavy atom. The van der Waals surface area contributed by atoms with Crippen LogP contribution in [0.5, 0.6) is 0 Å². The van der Waals surface area contributed by atoms with Crippen molar-refractivity contribution in [1.29, 1.82) is 0 Å². The number of esters is 1. The summed E-state index contributed by atoms with van der Waals surface area (Å²) in [4.78, 5) is 11.7. The first-order chi connectivity index (χ1) is 7.93. The molecule has 0 heterocycles. The molecular formula is C14H22ClNO2. The molecule has 0 radical (unpaired) electrons. The van der Waals surface area contributed by atoms with Gasteiger partial charge in [-0.3, -0.25) is 4.79 Å². The maximum Gasteiger partial charge on any atom is 0.313 e. The molecule has 0 fully saturated rings. The summed E-state index contributed by atoms with van der Waals surface area (Å²) in [7, 11) is 1.39. The molecule has 0 saturated heterocycles. The molecule has 3 nitrogen and oxygen atoms in total. The highest BCUT2D eigenvalue weighted by atomic mass is 35.5. The first-order valence-electron chi connectivity index (χ1n) is 5.86. The van der Waals surface area contributed by atoms with Gasteiger partial charge in [-0.15, -0.1) is 12.4 Å². The fraction of sp³-hybridized carbons (Fsp3) is 0.500. The first kappa shape index (κ1) is 16.9. The van der Waals surface area contributed by atoms with Gasteiger partial charge in [0.05, 0.1) is 12.5 Å². The van der Waals surface area contributed by atoms with E-state index in [0.717, 1.165) is 12.0 Å². The van der Waals surface area contributed by atoms with E-state index in [1.807, 2.05) is 24.3 Å². The molecule has 0 aliphatic heterocycles. The second-order valence-corrected chi connectivity index (χ2v) is 4.79. The third-order valence-corrected chi connectivity index (χ3v) is 3.24. The summed E-state index contributed by atoms with van der Waals surface area (Å²) in [5.41, 5.74) is 7.64. The summed E-state index contributed by atoms with van der Waals surface area (Å²) in [6.45, 7) is 5.71. The number of carbonyl (C=O) groups excluding carboxylic acids is 1. The zero-order chi connectivity index (χ0) is 13.1. The number of aryl methyl sites for hydroxylation is 1. The lowest BCUT2D eigenvalue weighted by molar-refractivity contribution is -0.152. The molecule has 0 bridgehead atoms. The van der Waals surface area contributed by atoms with Crippen molar-refractivity contribution in [2.45, 2.75) is 33.2 Å². The molecule has 0 amide bonds. The second-order valence-electron chi connectivity index (χ2n) is 4.79. The molecule has 2 N–H and O–H groups in total. The summed E-state index contributed by atoms with van der Waals surface area (Å²) in [5, 5.41) is 0. The zero-order valence-corrected chi connectivity index (χ0v) is 12.2. The Kier molecular flexibility index (Phi) is 6.36. The number of hydrogen-bond donors (Lipinski definition) is 1. The minimum absolute atomic E-state index is 0. The van der Waals surface area contributed by atoms with Crippen LogP contribution in [0.4, 0.5) is 0 Å². The third-order valence-electron chi connectivity index (χ3n) is 3.24. The summed E-state index contributed by atoms with van der Waals surface area (Å²) in [6.07, 6.45) is 0.996. The van der Waals surface area contributed by atoms with E-state index >= 15 is 0 Å². The molecular weight excluding hydrogens is 250 g/mol. The van der Waals surface area contributed by atoms with Gasteiger partial charge in [0, 0.05) is 6.04 Å². The van der Waals surface area contributed by atoms with E-state index in [1.165, 1.54) is 12.7 Å². The van der Waals surface area contributed by atoms with Crippen molar-refractivity contribution in [1.82, 2.24) is 0 Å². The highest BCUT2D eigenvalue weighted by Crippen LogP contribution is 2.32. The van der Waals surface area contributed by atoms with Gasteiger partial charge in [-0.05, 0) is 31.4 Å². The van der Waals surface area contributed by atoms with Gasteiger partial charge < -0.3 is 10.5 Å². The molecule has 1 atom stereocenters. The van der Waals surface area contributed by atoms with Crippen LogP contribution in [0, 0.1) is 5.41 Å². The summed E-state index contributed by atoms with van der Waals surface area (Å²) in [5.74, 6) is -0.287. The molecule has 0 aliphatic rings. The lowest BCUT2D eigenvalue weighted by Crippen LogP contribution is -2.37. The van der Waals surface area contributed by atoms with Gasteiger partial charge in [0.1, 0.15) is 0 Å². The normalized spacial score (nSPS) is 12.5. The topological polar surface area (TPSA) is 52.3 Å². The van der Waals surface area contributed by atoms with E-state index in [1.54, 1.807) is 13.8 Å². The van der Waals surface area contributed by atoms with Crippen LogP contribution in [0.3, 0.4) is 0 Å². The van der Waals surface area contributed by atoms with E-state index in [-0.39, 0.29) is 24.4 Å². The molecule has 0 aromatic heterocycles. The monoisotopic (exact) mass is 271 g/mol. The Balaban J connectivity index is 0.00000289. The molecule has 0 spiro atoms. The fourth-order valence-electron chi connectivity index (χ4n) is 1.77. The Bertz CT molecular complexity index is 387. The van der Waals surface area contributed by atoms with Crippen LogP contribution >= 0.6 is 12.4 Å². The van der Waals surface area contributed by atoms with Crippen LogP contribution in [0.2, 0.25) is 0 Å². The van der Waals surface area contributed by atoms with Gasteiger partial charge >= 0.3 is 5.97 Å². The maximum absolute atomic E-state index is 11.7. The average molecular weight is 272 g/mol. The third kappa shape index (κ3) is 3.47. The van der Waals surface area contributed by atoms with E-state index in [2.05, 4.69) is 6.92 Å². The maximum atomic E-state index is 11.7. The van der Waals surface area contributed by atoms with Crippen molar-refractivity contribution in [2.75, 3.05) is 7.11 Å². The van der Waals surface area contributed by atoms with Gasteiger partial charge in [0.15, 0.2) is 0 Å². The highest BCUT2D eigenvalue weighted by Gasteiger charge is 2.36. The van der Waals surface area contributed by atoms with Gasteiger partial charge in [-0.2, -0.15) is 0 Å². The Labute approximate surface area is 115 Å². The number of benzene rings is 1. The lowest BCUT2D eigenvalue weighted by Gasteiger charge is -2.29. The summed E-state index contributed by atoms with van der Waals surface area (Å²) in [6, 6.07) is 7.69. The molecule has 4 heteroatoms. The van der Waals surface area contributed by atoms with Crippen LogP contribution in [0.15, 0.2) is 24.3 Å². The van der Waals surface area contributed by atoms with E-state index in [4.69, 9.17) is 10.5 Å². The number of hydrogen-bond acceptors (Lipinski definition) is 3. The van der Waals surface area contributed by atoms with Crippen molar-refractivity contribution in [3.8, 4) is 0 Å². The van der Waals surface area contributed by atoms with E-state index in [0.29, 0.717) is 0 Å². The molecule has 0 unspecified atom stereocenters. The Hall–Kier alpha value is -1.06. The second kappa shape index (κ2) is 6.76. The van der Waals surface area contributed by atoms with E-state index in [9.17, 15) is 4.79 Å². The number of ether oxygens (including phenoxy) is 1. The number of halogens is 1. The predicted octanol–water partition coefficient (Wildman–Crippen LogP) is 2.87. The molecule has 1 rings (SSSR count). The number of methoxy groups -OCH3 is 1. The molecule has 102 valence electrons. The zero-order valence-electron chi connectivity index (χ0n) is 11.4. The van der Waals surface area contributed by atoms with E-state index < -0.39 is 5.41 Å². The van der Waals surface area contributed by atoms with Gasteiger partial charge in [-0.1, -0.05) is 31.2 Å². The predicted molar refractivity (Wildman–Crippen MR) is 75.8 cm³/mol. The lowest BCUT2D eigenvalue weighted by atomic mass is 9.81. The quantitative estimate of drug-likeness (QED) is 0.857. The van der Waals surface area contributed by atoms with Gasteiger partial charge in [0.25, 0.3) is 0 Å². The Morgan fingerprint density at radius 3 is 2.22 bits per heavy atom. The molecule has 0 saturated carbocycles. The molecule has 1 aromatic rings.